The first-order chi connectivity index (χ1) is 9.28. The Morgan fingerprint density at radius 3 is 2.95 bits per heavy atom. The summed E-state index contributed by atoms with van der Waals surface area (Å²) >= 11 is 0. The topological polar surface area (TPSA) is 27.0 Å². The fraction of sp³-hybridized carbons (Fsp3) is 0.562. The molecule has 1 aliphatic carbocycles. The lowest BCUT2D eigenvalue weighted by Gasteiger charge is -2.37. The molecule has 1 saturated carbocycles. The minimum Gasteiger partial charge on any atom is -0.296 e. The van der Waals surface area contributed by atoms with E-state index in [4.69, 9.17) is 5.26 Å². The van der Waals surface area contributed by atoms with E-state index < -0.39 is 0 Å². The molecule has 2 aliphatic rings. The minimum atomic E-state index is -0.181. The Morgan fingerprint density at radius 1 is 1.26 bits per heavy atom. The molecule has 0 N–H and O–H groups in total. The molecule has 2 fully saturated rings. The second-order valence-electron chi connectivity index (χ2n) is 5.79. The molecule has 0 bridgehead atoms. The smallest absolute Gasteiger partial charge is 0.127 e. The van der Waals surface area contributed by atoms with Crippen LogP contribution in [0.4, 0.5) is 4.39 Å². The fourth-order valence-electron chi connectivity index (χ4n) is 3.74. The molecule has 3 rings (SSSR count). The number of halogens is 1. The molecule has 0 spiro atoms. The van der Waals surface area contributed by atoms with Gasteiger partial charge in [0.05, 0.1) is 11.6 Å². The van der Waals surface area contributed by atoms with Crippen LogP contribution in [0.15, 0.2) is 18.2 Å². The highest BCUT2D eigenvalue weighted by molar-refractivity contribution is 5.33. The fourth-order valence-corrected chi connectivity index (χ4v) is 3.74. The molecule has 0 amide bonds. The number of piperidine rings is 1. The lowest BCUT2D eigenvalue weighted by Crippen LogP contribution is -2.42. The van der Waals surface area contributed by atoms with Gasteiger partial charge in [-0.3, -0.25) is 4.90 Å². The third kappa shape index (κ3) is 2.50. The van der Waals surface area contributed by atoms with Crippen molar-refractivity contribution in [1.29, 1.82) is 5.26 Å². The van der Waals surface area contributed by atoms with Crippen LogP contribution in [-0.4, -0.2) is 17.5 Å². The minimum absolute atomic E-state index is 0.181. The van der Waals surface area contributed by atoms with E-state index in [0.717, 1.165) is 12.5 Å². The van der Waals surface area contributed by atoms with Gasteiger partial charge in [0, 0.05) is 18.2 Å². The Hall–Kier alpha value is -1.40. The van der Waals surface area contributed by atoms with E-state index in [1.165, 1.54) is 38.2 Å². The maximum atomic E-state index is 13.9. The molecule has 100 valence electrons. The van der Waals surface area contributed by atoms with Crippen molar-refractivity contribution in [1.82, 2.24) is 4.90 Å². The van der Waals surface area contributed by atoms with Crippen LogP contribution in [0.5, 0.6) is 0 Å². The molecule has 1 heterocycles. The molecule has 19 heavy (non-hydrogen) atoms. The Morgan fingerprint density at radius 2 is 2.11 bits per heavy atom. The first kappa shape index (κ1) is 12.6. The van der Waals surface area contributed by atoms with Gasteiger partial charge in [0.25, 0.3) is 0 Å². The standard InChI is InChI=1S/C16H19FN2/c17-15-7-6-12(10-18)9-14(15)11-19-8-2-4-13-3-1-5-16(13)19/h6-7,9,13,16H,1-5,8,11H2. The van der Waals surface area contributed by atoms with Crippen molar-refractivity contribution in [2.75, 3.05) is 6.54 Å². The molecular weight excluding hydrogens is 239 g/mol. The van der Waals surface area contributed by atoms with Gasteiger partial charge in [-0.05, 0) is 56.3 Å². The third-order valence-corrected chi connectivity index (χ3v) is 4.66. The average molecular weight is 258 g/mol. The maximum absolute atomic E-state index is 13.9. The summed E-state index contributed by atoms with van der Waals surface area (Å²) in [6.45, 7) is 1.72. The van der Waals surface area contributed by atoms with Crippen molar-refractivity contribution in [2.24, 2.45) is 5.92 Å². The number of fused-ring (bicyclic) bond motifs is 1. The van der Waals surface area contributed by atoms with E-state index in [1.807, 2.05) is 0 Å². The van der Waals surface area contributed by atoms with E-state index in [2.05, 4.69) is 11.0 Å². The highest BCUT2D eigenvalue weighted by Crippen LogP contribution is 2.37. The molecule has 2 nitrogen and oxygen atoms in total. The first-order valence-electron chi connectivity index (χ1n) is 7.20. The van der Waals surface area contributed by atoms with Gasteiger partial charge in [-0.1, -0.05) is 6.42 Å². The number of hydrogen-bond donors (Lipinski definition) is 0. The summed E-state index contributed by atoms with van der Waals surface area (Å²) in [4.78, 5) is 2.43. The second-order valence-corrected chi connectivity index (χ2v) is 5.79. The van der Waals surface area contributed by atoms with Crippen LogP contribution in [0.1, 0.15) is 43.2 Å². The second kappa shape index (κ2) is 5.30. The summed E-state index contributed by atoms with van der Waals surface area (Å²) in [5, 5.41) is 8.92. The predicted molar refractivity (Wildman–Crippen MR) is 71.9 cm³/mol. The van der Waals surface area contributed by atoms with Crippen molar-refractivity contribution in [3.8, 4) is 6.07 Å². The zero-order valence-corrected chi connectivity index (χ0v) is 11.1. The maximum Gasteiger partial charge on any atom is 0.127 e. The summed E-state index contributed by atoms with van der Waals surface area (Å²) in [7, 11) is 0. The molecule has 0 radical (unpaired) electrons. The van der Waals surface area contributed by atoms with Crippen molar-refractivity contribution in [3.05, 3.63) is 35.1 Å². The van der Waals surface area contributed by atoms with Crippen molar-refractivity contribution >= 4 is 0 Å². The molecule has 1 saturated heterocycles. The largest absolute Gasteiger partial charge is 0.296 e. The number of rotatable bonds is 2. The highest BCUT2D eigenvalue weighted by atomic mass is 19.1. The molecule has 2 atom stereocenters. The molecule has 1 aromatic rings. The van der Waals surface area contributed by atoms with Crippen LogP contribution in [0.3, 0.4) is 0 Å². The Kier molecular flexibility index (Phi) is 3.52. The van der Waals surface area contributed by atoms with Crippen molar-refractivity contribution in [2.45, 2.75) is 44.7 Å². The van der Waals surface area contributed by atoms with E-state index >= 15 is 0 Å². The van der Waals surface area contributed by atoms with Crippen molar-refractivity contribution < 1.29 is 4.39 Å². The molecule has 0 aromatic heterocycles. The number of benzene rings is 1. The Balaban J connectivity index is 1.79. The van der Waals surface area contributed by atoms with Gasteiger partial charge in [0.1, 0.15) is 5.82 Å². The van der Waals surface area contributed by atoms with Crippen LogP contribution in [0, 0.1) is 23.1 Å². The van der Waals surface area contributed by atoms with Crippen LogP contribution >= 0.6 is 0 Å². The summed E-state index contributed by atoms with van der Waals surface area (Å²) < 4.78 is 13.9. The van der Waals surface area contributed by atoms with Gasteiger partial charge in [0.15, 0.2) is 0 Å². The van der Waals surface area contributed by atoms with Gasteiger partial charge < -0.3 is 0 Å². The van der Waals surface area contributed by atoms with Crippen LogP contribution in [-0.2, 0) is 6.54 Å². The molecule has 1 aliphatic heterocycles. The number of likely N-dealkylation sites (tertiary alicyclic amines) is 1. The number of nitrogens with zero attached hydrogens (tertiary/aromatic N) is 2. The Bertz CT molecular complexity index is 506. The van der Waals surface area contributed by atoms with Crippen LogP contribution < -0.4 is 0 Å². The SMILES string of the molecule is N#Cc1ccc(F)c(CN2CCCC3CCCC32)c1. The summed E-state index contributed by atoms with van der Waals surface area (Å²) in [6, 6.07) is 7.40. The Labute approximate surface area is 113 Å². The number of nitriles is 1. The monoisotopic (exact) mass is 258 g/mol. The van der Waals surface area contributed by atoms with E-state index in [0.29, 0.717) is 23.7 Å². The average Bonchev–Trinajstić information content (AvgIpc) is 2.90. The zero-order chi connectivity index (χ0) is 13.2. The molecular formula is C16H19FN2. The zero-order valence-electron chi connectivity index (χ0n) is 11.1. The normalized spacial score (nSPS) is 26.9. The van der Waals surface area contributed by atoms with Gasteiger partial charge in [0.2, 0.25) is 0 Å². The van der Waals surface area contributed by atoms with Crippen LogP contribution in [0.25, 0.3) is 0 Å². The summed E-state index contributed by atoms with van der Waals surface area (Å²) in [6.07, 6.45) is 6.46. The molecule has 2 unspecified atom stereocenters. The van der Waals surface area contributed by atoms with Gasteiger partial charge in [-0.2, -0.15) is 5.26 Å². The highest BCUT2D eigenvalue weighted by Gasteiger charge is 2.34. The van der Waals surface area contributed by atoms with Gasteiger partial charge >= 0.3 is 0 Å². The van der Waals surface area contributed by atoms with E-state index in [9.17, 15) is 4.39 Å². The predicted octanol–water partition coefficient (Wildman–Crippen LogP) is 3.46. The summed E-state index contributed by atoms with van der Waals surface area (Å²) in [5.74, 6) is 0.634. The van der Waals surface area contributed by atoms with E-state index in [1.54, 1.807) is 12.1 Å². The van der Waals surface area contributed by atoms with Gasteiger partial charge in [-0.25, -0.2) is 4.39 Å². The quantitative estimate of drug-likeness (QED) is 0.812. The van der Waals surface area contributed by atoms with Crippen LogP contribution in [0.2, 0.25) is 0 Å². The first-order valence-corrected chi connectivity index (χ1v) is 7.20. The lowest BCUT2D eigenvalue weighted by atomic mass is 9.91. The van der Waals surface area contributed by atoms with Crippen molar-refractivity contribution in [3.63, 3.8) is 0 Å². The lowest BCUT2D eigenvalue weighted by molar-refractivity contribution is 0.104. The number of hydrogen-bond acceptors (Lipinski definition) is 2. The molecule has 3 heteroatoms. The molecule has 1 aromatic carbocycles. The summed E-state index contributed by atoms with van der Waals surface area (Å²) in [5.41, 5.74) is 1.22. The van der Waals surface area contributed by atoms with Gasteiger partial charge in [-0.15, -0.1) is 0 Å². The third-order valence-electron chi connectivity index (χ3n) is 4.66. The van der Waals surface area contributed by atoms with E-state index in [-0.39, 0.29) is 5.82 Å².